The fourth-order valence-electron chi connectivity index (χ4n) is 4.30. The van der Waals surface area contributed by atoms with E-state index >= 15 is 0 Å². The highest BCUT2D eigenvalue weighted by molar-refractivity contribution is 7.79. The number of hydrogen-bond donors (Lipinski definition) is 1. The van der Waals surface area contributed by atoms with Crippen LogP contribution < -0.4 is 4.74 Å². The van der Waals surface area contributed by atoms with Crippen molar-refractivity contribution in [1.82, 2.24) is 0 Å². The lowest BCUT2D eigenvalue weighted by Crippen LogP contribution is -2.07. The molecule has 0 saturated carbocycles. The summed E-state index contributed by atoms with van der Waals surface area (Å²) in [4.78, 5) is 0. The fraction of sp³-hybridized carbons (Fsp3) is 0.379. The van der Waals surface area contributed by atoms with E-state index in [9.17, 15) is 0 Å². The van der Waals surface area contributed by atoms with Crippen LogP contribution in [-0.2, 0) is 25.0 Å². The van der Waals surface area contributed by atoms with Gasteiger partial charge in [0.05, 0.1) is 7.11 Å². The molecule has 1 atom stereocenters. The van der Waals surface area contributed by atoms with Gasteiger partial charge < -0.3 is 4.74 Å². The Morgan fingerprint density at radius 1 is 0.742 bits per heavy atom. The van der Waals surface area contributed by atoms with E-state index in [1.54, 1.807) is 7.11 Å². The van der Waals surface area contributed by atoms with E-state index in [-0.39, 0.29) is 0 Å². The van der Waals surface area contributed by atoms with Crippen LogP contribution in [0, 0.1) is 11.8 Å². The van der Waals surface area contributed by atoms with Crippen molar-refractivity contribution in [2.75, 3.05) is 7.11 Å². The van der Waals surface area contributed by atoms with E-state index in [1.165, 1.54) is 39.8 Å². The maximum absolute atomic E-state index is 5.46. The number of benzene rings is 3. The van der Waals surface area contributed by atoms with Crippen LogP contribution in [0.5, 0.6) is 5.75 Å². The minimum Gasteiger partial charge on any atom is -0.497 e. The molecule has 3 aromatic carbocycles. The van der Waals surface area contributed by atoms with Crippen LogP contribution in [0.2, 0.25) is 0 Å². The highest BCUT2D eigenvalue weighted by Crippen LogP contribution is 2.31. The Balaban J connectivity index is 1.84. The van der Waals surface area contributed by atoms with E-state index in [0.29, 0.717) is 11.8 Å². The van der Waals surface area contributed by atoms with Gasteiger partial charge in [0, 0.05) is 5.75 Å². The predicted molar refractivity (Wildman–Crippen MR) is 137 cm³/mol. The first-order chi connectivity index (χ1) is 15.0. The summed E-state index contributed by atoms with van der Waals surface area (Å²) in [5, 5.41) is 0. The number of ether oxygens (including phenoxy) is 1. The van der Waals surface area contributed by atoms with Crippen LogP contribution in [0.4, 0.5) is 0 Å². The summed E-state index contributed by atoms with van der Waals surface area (Å²) in [5.41, 5.74) is 8.31. The summed E-state index contributed by atoms with van der Waals surface area (Å²) < 4.78 is 5.46. The lowest BCUT2D eigenvalue weighted by atomic mass is 9.86. The summed E-state index contributed by atoms with van der Waals surface area (Å²) in [6.45, 7) is 6.95. The maximum atomic E-state index is 5.46. The van der Waals surface area contributed by atoms with Crippen molar-refractivity contribution in [3.05, 3.63) is 89.0 Å². The summed E-state index contributed by atoms with van der Waals surface area (Å²) in [7, 11) is 1.73. The minimum atomic E-state index is 0.523. The molecule has 0 aliphatic carbocycles. The molecule has 1 unspecified atom stereocenters. The quantitative estimate of drug-likeness (QED) is 0.321. The molecule has 0 radical (unpaired) electrons. The molecule has 0 bridgehead atoms. The monoisotopic (exact) mass is 432 g/mol. The van der Waals surface area contributed by atoms with Crippen LogP contribution in [-0.4, -0.2) is 7.11 Å². The first kappa shape index (κ1) is 23.5. The SMILES string of the molecule is COc1ccc(CS)c(CC(C)Cc2ccccc2-c2ccccc2CCC(C)C)c1. The van der Waals surface area contributed by atoms with E-state index in [2.05, 4.69) is 94.1 Å². The number of hydrogen-bond acceptors (Lipinski definition) is 2. The average molecular weight is 433 g/mol. The van der Waals surface area contributed by atoms with Gasteiger partial charge in [0.25, 0.3) is 0 Å². The summed E-state index contributed by atoms with van der Waals surface area (Å²) in [6.07, 6.45) is 4.43. The van der Waals surface area contributed by atoms with Crippen molar-refractivity contribution in [3.8, 4) is 16.9 Å². The van der Waals surface area contributed by atoms with Crippen molar-refractivity contribution in [2.45, 2.75) is 52.2 Å². The van der Waals surface area contributed by atoms with Gasteiger partial charge in [0.1, 0.15) is 5.75 Å². The summed E-state index contributed by atoms with van der Waals surface area (Å²) in [6, 6.07) is 24.2. The molecule has 0 amide bonds. The molecular weight excluding hydrogens is 396 g/mol. The molecule has 3 aromatic rings. The molecule has 0 aromatic heterocycles. The van der Waals surface area contributed by atoms with Gasteiger partial charge in [-0.05, 0) is 83.0 Å². The van der Waals surface area contributed by atoms with E-state index in [0.717, 1.165) is 30.8 Å². The zero-order valence-corrected chi connectivity index (χ0v) is 20.3. The van der Waals surface area contributed by atoms with Gasteiger partial charge in [-0.2, -0.15) is 12.6 Å². The lowest BCUT2D eigenvalue weighted by Gasteiger charge is -2.19. The molecule has 0 N–H and O–H groups in total. The summed E-state index contributed by atoms with van der Waals surface area (Å²) >= 11 is 4.53. The van der Waals surface area contributed by atoms with Crippen molar-refractivity contribution in [3.63, 3.8) is 0 Å². The average Bonchev–Trinajstić information content (AvgIpc) is 2.78. The van der Waals surface area contributed by atoms with Gasteiger partial charge in [-0.25, -0.2) is 0 Å². The molecule has 0 spiro atoms. The van der Waals surface area contributed by atoms with Crippen molar-refractivity contribution >= 4 is 12.6 Å². The normalized spacial score (nSPS) is 12.2. The molecule has 0 heterocycles. The van der Waals surface area contributed by atoms with Crippen LogP contribution in [0.25, 0.3) is 11.1 Å². The molecule has 2 heteroatoms. The topological polar surface area (TPSA) is 9.23 Å². The van der Waals surface area contributed by atoms with E-state index < -0.39 is 0 Å². The molecule has 164 valence electrons. The Labute approximate surface area is 194 Å². The number of thiol groups is 1. The van der Waals surface area contributed by atoms with Crippen molar-refractivity contribution < 1.29 is 4.74 Å². The molecule has 31 heavy (non-hydrogen) atoms. The van der Waals surface area contributed by atoms with Gasteiger partial charge in [-0.1, -0.05) is 75.4 Å². The highest BCUT2D eigenvalue weighted by atomic mass is 32.1. The molecule has 0 fully saturated rings. The number of rotatable bonds is 10. The second-order valence-electron chi connectivity index (χ2n) is 9.05. The zero-order valence-electron chi connectivity index (χ0n) is 19.4. The first-order valence-electron chi connectivity index (χ1n) is 11.4. The van der Waals surface area contributed by atoms with E-state index in [1.807, 2.05) is 6.07 Å². The van der Waals surface area contributed by atoms with Crippen LogP contribution in [0.3, 0.4) is 0 Å². The highest BCUT2D eigenvalue weighted by Gasteiger charge is 2.14. The Hall–Kier alpha value is -2.19. The van der Waals surface area contributed by atoms with Crippen molar-refractivity contribution in [2.24, 2.45) is 11.8 Å². The largest absolute Gasteiger partial charge is 0.497 e. The lowest BCUT2D eigenvalue weighted by molar-refractivity contribution is 0.413. The molecule has 0 saturated heterocycles. The van der Waals surface area contributed by atoms with E-state index in [4.69, 9.17) is 4.74 Å². The molecule has 3 rings (SSSR count). The van der Waals surface area contributed by atoms with Gasteiger partial charge in [0.15, 0.2) is 0 Å². The third-order valence-corrected chi connectivity index (χ3v) is 6.38. The van der Waals surface area contributed by atoms with Gasteiger partial charge in [-0.3, -0.25) is 0 Å². The molecule has 1 nitrogen and oxygen atoms in total. The standard InChI is InChI=1S/C29H36OS/c1-21(2)13-14-23-9-5-7-11-28(23)29-12-8-6-10-24(29)17-22(3)18-26-19-27(30-4)16-15-25(26)20-31/h5-12,15-16,19,21-22,31H,13-14,17-18,20H2,1-4H3. The van der Waals surface area contributed by atoms with Gasteiger partial charge >= 0.3 is 0 Å². The fourth-order valence-corrected chi connectivity index (χ4v) is 4.61. The Morgan fingerprint density at radius 3 is 2.00 bits per heavy atom. The minimum absolute atomic E-state index is 0.523. The Kier molecular flexibility index (Phi) is 8.66. The zero-order chi connectivity index (χ0) is 22.2. The number of methoxy groups -OCH3 is 1. The van der Waals surface area contributed by atoms with Crippen LogP contribution >= 0.6 is 12.6 Å². The second kappa shape index (κ2) is 11.4. The number of aryl methyl sites for hydroxylation is 1. The predicted octanol–water partition coefficient (Wildman–Crippen LogP) is 7.80. The second-order valence-corrected chi connectivity index (χ2v) is 9.37. The Bertz CT molecular complexity index is 976. The third kappa shape index (κ3) is 6.40. The first-order valence-corrected chi connectivity index (χ1v) is 12.1. The molecular formula is C29H36OS. The van der Waals surface area contributed by atoms with Crippen LogP contribution in [0.15, 0.2) is 66.7 Å². The summed E-state index contributed by atoms with van der Waals surface area (Å²) in [5.74, 6) is 2.92. The molecule has 0 aliphatic heterocycles. The van der Waals surface area contributed by atoms with Gasteiger partial charge in [0.2, 0.25) is 0 Å². The van der Waals surface area contributed by atoms with Gasteiger partial charge in [-0.15, -0.1) is 0 Å². The maximum Gasteiger partial charge on any atom is 0.119 e. The smallest absolute Gasteiger partial charge is 0.119 e. The Morgan fingerprint density at radius 2 is 1.35 bits per heavy atom. The van der Waals surface area contributed by atoms with Crippen molar-refractivity contribution in [1.29, 1.82) is 0 Å². The molecule has 0 aliphatic rings. The van der Waals surface area contributed by atoms with Crippen LogP contribution in [0.1, 0.15) is 49.4 Å². The third-order valence-electron chi connectivity index (χ3n) is 6.04.